The summed E-state index contributed by atoms with van der Waals surface area (Å²) in [4.78, 5) is 4.00. The Kier molecular flexibility index (Phi) is 6.06. The molecule has 0 saturated heterocycles. The lowest BCUT2D eigenvalue weighted by Gasteiger charge is -2.19. The van der Waals surface area contributed by atoms with E-state index in [0.29, 0.717) is 12.5 Å². The number of nitrogens with one attached hydrogen (secondary N) is 2. The fourth-order valence-corrected chi connectivity index (χ4v) is 2.38. The van der Waals surface area contributed by atoms with Crippen LogP contribution in [0.25, 0.3) is 10.8 Å². The average molecular weight is 337 g/mol. The van der Waals surface area contributed by atoms with Gasteiger partial charge in [-0.25, -0.2) is 0 Å². The first-order valence-corrected chi connectivity index (χ1v) is 7.99. The van der Waals surface area contributed by atoms with Crippen molar-refractivity contribution in [3.63, 3.8) is 0 Å². The molecule has 0 bridgehead atoms. The SMILES string of the molecule is CCNC(=NCCC(F)(F)F)NC(C)c1ccc2ccccc2c1. The van der Waals surface area contributed by atoms with Crippen molar-refractivity contribution < 1.29 is 13.2 Å². The van der Waals surface area contributed by atoms with Gasteiger partial charge in [-0.05, 0) is 36.2 Å². The maximum Gasteiger partial charge on any atom is 0.390 e. The van der Waals surface area contributed by atoms with Crippen molar-refractivity contribution >= 4 is 16.7 Å². The minimum atomic E-state index is -4.19. The molecule has 2 aromatic carbocycles. The summed E-state index contributed by atoms with van der Waals surface area (Å²) >= 11 is 0. The highest BCUT2D eigenvalue weighted by molar-refractivity contribution is 5.84. The second-order valence-corrected chi connectivity index (χ2v) is 5.60. The third-order valence-electron chi connectivity index (χ3n) is 3.64. The number of hydrogen-bond acceptors (Lipinski definition) is 1. The first kappa shape index (κ1) is 18.1. The standard InChI is InChI=1S/C18H22F3N3/c1-3-22-17(23-11-10-18(19,20)21)24-13(2)15-9-8-14-6-4-5-7-16(14)12-15/h4-9,12-13H,3,10-11H2,1-2H3,(H2,22,23,24). The van der Waals surface area contributed by atoms with E-state index in [-0.39, 0.29) is 12.6 Å². The number of aliphatic imine (C=N–C) groups is 1. The Balaban J connectivity index is 2.07. The lowest BCUT2D eigenvalue weighted by molar-refractivity contribution is -0.132. The van der Waals surface area contributed by atoms with Crippen LogP contribution in [0.1, 0.15) is 31.9 Å². The molecule has 2 rings (SSSR count). The van der Waals surface area contributed by atoms with Crippen LogP contribution in [0.4, 0.5) is 13.2 Å². The number of benzene rings is 2. The molecule has 1 atom stereocenters. The molecule has 24 heavy (non-hydrogen) atoms. The number of hydrogen-bond donors (Lipinski definition) is 2. The fraction of sp³-hybridized carbons (Fsp3) is 0.389. The van der Waals surface area contributed by atoms with Crippen molar-refractivity contribution in [3.8, 4) is 0 Å². The number of nitrogens with zero attached hydrogens (tertiary/aromatic N) is 1. The molecule has 0 radical (unpaired) electrons. The molecule has 2 aromatic rings. The van der Waals surface area contributed by atoms with Crippen LogP contribution in [0.5, 0.6) is 0 Å². The van der Waals surface area contributed by atoms with Crippen LogP contribution in [0.2, 0.25) is 0 Å². The minimum absolute atomic E-state index is 0.0710. The Bertz CT molecular complexity index is 695. The zero-order valence-electron chi connectivity index (χ0n) is 13.8. The highest BCUT2D eigenvalue weighted by Crippen LogP contribution is 2.21. The lowest BCUT2D eigenvalue weighted by atomic mass is 10.0. The summed E-state index contributed by atoms with van der Waals surface area (Å²) in [6.07, 6.45) is -5.11. The van der Waals surface area contributed by atoms with Crippen LogP contribution in [0, 0.1) is 0 Å². The van der Waals surface area contributed by atoms with Crippen LogP contribution < -0.4 is 10.6 Å². The maximum absolute atomic E-state index is 12.3. The summed E-state index contributed by atoms with van der Waals surface area (Å²) in [6.45, 7) is 4.13. The Morgan fingerprint density at radius 2 is 1.83 bits per heavy atom. The van der Waals surface area contributed by atoms with Gasteiger partial charge in [-0.2, -0.15) is 13.2 Å². The van der Waals surface area contributed by atoms with Crippen LogP contribution >= 0.6 is 0 Å². The Morgan fingerprint density at radius 1 is 1.12 bits per heavy atom. The van der Waals surface area contributed by atoms with E-state index in [2.05, 4.69) is 21.7 Å². The van der Waals surface area contributed by atoms with Gasteiger partial charge in [0.25, 0.3) is 0 Å². The number of fused-ring (bicyclic) bond motifs is 1. The Labute approximate surface area is 140 Å². The molecule has 0 aliphatic heterocycles. The molecule has 0 aliphatic carbocycles. The molecule has 2 N–H and O–H groups in total. The monoisotopic (exact) mass is 337 g/mol. The molecule has 130 valence electrons. The predicted octanol–water partition coefficient (Wildman–Crippen LogP) is 4.41. The smallest absolute Gasteiger partial charge is 0.357 e. The van der Waals surface area contributed by atoms with Crippen molar-refractivity contribution in [1.29, 1.82) is 0 Å². The van der Waals surface area contributed by atoms with Gasteiger partial charge >= 0.3 is 6.18 Å². The fourth-order valence-electron chi connectivity index (χ4n) is 2.38. The molecular weight excluding hydrogens is 315 g/mol. The van der Waals surface area contributed by atoms with Crippen molar-refractivity contribution in [3.05, 3.63) is 48.0 Å². The molecule has 0 saturated carbocycles. The number of alkyl halides is 3. The van der Waals surface area contributed by atoms with Crippen LogP contribution in [0.3, 0.4) is 0 Å². The molecule has 1 unspecified atom stereocenters. The number of guanidine groups is 1. The van der Waals surface area contributed by atoms with Crippen molar-refractivity contribution in [2.75, 3.05) is 13.1 Å². The molecule has 0 aliphatic rings. The highest BCUT2D eigenvalue weighted by atomic mass is 19.4. The lowest BCUT2D eigenvalue weighted by Crippen LogP contribution is -2.39. The predicted molar refractivity (Wildman–Crippen MR) is 92.1 cm³/mol. The average Bonchev–Trinajstić information content (AvgIpc) is 2.53. The molecule has 0 aromatic heterocycles. The molecule has 0 amide bonds. The van der Waals surface area contributed by atoms with E-state index < -0.39 is 12.6 Å². The molecular formula is C18H22F3N3. The van der Waals surface area contributed by atoms with Crippen molar-refractivity contribution in [1.82, 2.24) is 10.6 Å². The second-order valence-electron chi connectivity index (χ2n) is 5.60. The zero-order chi connectivity index (χ0) is 17.6. The van der Waals surface area contributed by atoms with Gasteiger partial charge in [-0.3, -0.25) is 4.99 Å². The number of rotatable bonds is 5. The van der Waals surface area contributed by atoms with Gasteiger partial charge in [0.15, 0.2) is 5.96 Å². The van der Waals surface area contributed by atoms with Crippen molar-refractivity contribution in [2.45, 2.75) is 32.5 Å². The summed E-state index contributed by atoms with van der Waals surface area (Å²) in [5, 5.41) is 8.41. The Morgan fingerprint density at radius 3 is 2.50 bits per heavy atom. The van der Waals surface area contributed by atoms with E-state index in [0.717, 1.165) is 16.3 Å². The Hall–Kier alpha value is -2.24. The van der Waals surface area contributed by atoms with Gasteiger partial charge in [-0.1, -0.05) is 36.4 Å². The summed E-state index contributed by atoms with van der Waals surface area (Å²) in [5.41, 5.74) is 1.05. The van der Waals surface area contributed by atoms with Crippen LogP contribution in [-0.4, -0.2) is 25.2 Å². The minimum Gasteiger partial charge on any atom is -0.357 e. The van der Waals surface area contributed by atoms with Crippen LogP contribution in [0.15, 0.2) is 47.5 Å². The van der Waals surface area contributed by atoms with E-state index in [9.17, 15) is 13.2 Å². The van der Waals surface area contributed by atoms with Gasteiger partial charge in [-0.15, -0.1) is 0 Å². The molecule has 0 fully saturated rings. The van der Waals surface area contributed by atoms with Gasteiger partial charge in [0, 0.05) is 6.54 Å². The highest BCUT2D eigenvalue weighted by Gasteiger charge is 2.26. The third-order valence-corrected chi connectivity index (χ3v) is 3.64. The quantitative estimate of drug-likeness (QED) is 0.626. The summed E-state index contributed by atoms with van der Waals surface area (Å²) < 4.78 is 36.8. The summed E-state index contributed by atoms with van der Waals surface area (Å²) in [7, 11) is 0. The first-order chi connectivity index (χ1) is 11.4. The van der Waals surface area contributed by atoms with Gasteiger partial charge in [0.2, 0.25) is 0 Å². The first-order valence-electron chi connectivity index (χ1n) is 7.99. The van der Waals surface area contributed by atoms with E-state index in [1.54, 1.807) is 0 Å². The van der Waals surface area contributed by atoms with Gasteiger partial charge in [0.1, 0.15) is 0 Å². The van der Waals surface area contributed by atoms with E-state index in [1.807, 2.05) is 50.2 Å². The second kappa shape index (κ2) is 8.04. The third kappa shape index (κ3) is 5.44. The van der Waals surface area contributed by atoms with Crippen LogP contribution in [-0.2, 0) is 0 Å². The van der Waals surface area contributed by atoms with E-state index >= 15 is 0 Å². The van der Waals surface area contributed by atoms with E-state index in [1.165, 1.54) is 0 Å². The largest absolute Gasteiger partial charge is 0.390 e. The summed E-state index contributed by atoms with van der Waals surface area (Å²) in [6, 6.07) is 14.1. The molecule has 3 nitrogen and oxygen atoms in total. The number of halogens is 3. The molecule has 0 heterocycles. The van der Waals surface area contributed by atoms with E-state index in [4.69, 9.17) is 0 Å². The van der Waals surface area contributed by atoms with Gasteiger partial charge < -0.3 is 10.6 Å². The van der Waals surface area contributed by atoms with Crippen molar-refractivity contribution in [2.24, 2.45) is 4.99 Å². The zero-order valence-corrected chi connectivity index (χ0v) is 13.8. The molecule has 6 heteroatoms. The normalized spacial score (nSPS) is 13.8. The van der Waals surface area contributed by atoms with Gasteiger partial charge in [0.05, 0.1) is 19.0 Å². The topological polar surface area (TPSA) is 36.4 Å². The molecule has 0 spiro atoms. The maximum atomic E-state index is 12.3. The summed E-state index contributed by atoms with van der Waals surface area (Å²) in [5.74, 6) is 0.391.